The van der Waals surface area contributed by atoms with Gasteiger partial charge in [0.15, 0.2) is 0 Å². The second kappa shape index (κ2) is 6.54. The standard InChI is InChI=1S/C14H17ClN4O/c1-2-6-17-9-10-3-4-13(11(15)8-10)19-7-5-12(18-19)14(16)20/h3-5,7-8,17H,2,6,9H2,1H3,(H2,16,20). The van der Waals surface area contributed by atoms with Crippen molar-refractivity contribution in [1.82, 2.24) is 15.1 Å². The number of carbonyl (C=O) groups excluding carboxylic acids is 1. The smallest absolute Gasteiger partial charge is 0.269 e. The van der Waals surface area contributed by atoms with Crippen molar-refractivity contribution in [2.24, 2.45) is 5.73 Å². The summed E-state index contributed by atoms with van der Waals surface area (Å²) in [6.45, 7) is 3.87. The van der Waals surface area contributed by atoms with Crippen molar-refractivity contribution in [3.05, 3.63) is 46.7 Å². The number of hydrogen-bond acceptors (Lipinski definition) is 3. The molecule has 0 atom stereocenters. The molecule has 0 spiro atoms. The first kappa shape index (κ1) is 14.6. The number of carbonyl (C=O) groups is 1. The minimum Gasteiger partial charge on any atom is -0.364 e. The van der Waals surface area contributed by atoms with Crippen LogP contribution in [-0.2, 0) is 6.54 Å². The molecule has 1 amide bonds. The van der Waals surface area contributed by atoms with Crippen LogP contribution in [0.3, 0.4) is 0 Å². The van der Waals surface area contributed by atoms with Crippen LogP contribution >= 0.6 is 11.6 Å². The quantitative estimate of drug-likeness (QED) is 0.801. The lowest BCUT2D eigenvalue weighted by Crippen LogP contribution is -2.14. The summed E-state index contributed by atoms with van der Waals surface area (Å²) in [7, 11) is 0. The fourth-order valence-corrected chi connectivity index (χ4v) is 2.13. The van der Waals surface area contributed by atoms with Crippen LogP contribution in [0.2, 0.25) is 5.02 Å². The van der Waals surface area contributed by atoms with E-state index in [4.69, 9.17) is 17.3 Å². The van der Waals surface area contributed by atoms with Crippen LogP contribution in [0.4, 0.5) is 0 Å². The molecule has 0 radical (unpaired) electrons. The van der Waals surface area contributed by atoms with E-state index in [0.29, 0.717) is 5.02 Å². The van der Waals surface area contributed by atoms with Gasteiger partial charge in [0, 0.05) is 12.7 Å². The van der Waals surface area contributed by atoms with E-state index < -0.39 is 5.91 Å². The van der Waals surface area contributed by atoms with E-state index >= 15 is 0 Å². The molecule has 2 rings (SSSR count). The van der Waals surface area contributed by atoms with Gasteiger partial charge in [-0.25, -0.2) is 4.68 Å². The predicted octanol–water partition coefficient (Wildman–Crippen LogP) is 2.12. The Balaban J connectivity index is 2.18. The Morgan fingerprint density at radius 2 is 2.25 bits per heavy atom. The molecule has 0 fully saturated rings. The zero-order valence-electron chi connectivity index (χ0n) is 11.3. The molecule has 1 aromatic carbocycles. The topological polar surface area (TPSA) is 72.9 Å². The monoisotopic (exact) mass is 292 g/mol. The SMILES string of the molecule is CCCNCc1ccc(-n2ccc(C(N)=O)n2)c(Cl)c1. The van der Waals surface area contributed by atoms with Crippen LogP contribution in [0.15, 0.2) is 30.5 Å². The van der Waals surface area contributed by atoms with Crippen molar-refractivity contribution in [3.8, 4) is 5.69 Å². The number of rotatable bonds is 6. The normalized spacial score (nSPS) is 10.7. The summed E-state index contributed by atoms with van der Waals surface area (Å²) in [4.78, 5) is 11.0. The van der Waals surface area contributed by atoms with Gasteiger partial charge < -0.3 is 11.1 Å². The number of primary amides is 1. The summed E-state index contributed by atoms with van der Waals surface area (Å²) in [6, 6.07) is 7.32. The first-order chi connectivity index (χ1) is 9.61. The fourth-order valence-electron chi connectivity index (χ4n) is 1.85. The summed E-state index contributed by atoms with van der Waals surface area (Å²) >= 11 is 6.26. The average molecular weight is 293 g/mol. The van der Waals surface area contributed by atoms with Crippen molar-refractivity contribution >= 4 is 17.5 Å². The zero-order chi connectivity index (χ0) is 14.5. The van der Waals surface area contributed by atoms with Crippen LogP contribution in [0.25, 0.3) is 5.69 Å². The van der Waals surface area contributed by atoms with Gasteiger partial charge in [-0.3, -0.25) is 4.79 Å². The molecule has 0 aliphatic carbocycles. The van der Waals surface area contributed by atoms with Crippen LogP contribution in [0, 0.1) is 0 Å². The number of benzene rings is 1. The molecule has 3 N–H and O–H groups in total. The zero-order valence-corrected chi connectivity index (χ0v) is 12.0. The molecule has 2 aromatic rings. The molecule has 1 heterocycles. The Morgan fingerprint density at radius 1 is 1.45 bits per heavy atom. The maximum atomic E-state index is 11.0. The Hall–Kier alpha value is -1.85. The summed E-state index contributed by atoms with van der Waals surface area (Å²) in [5.74, 6) is -0.555. The lowest BCUT2D eigenvalue weighted by atomic mass is 10.2. The van der Waals surface area contributed by atoms with Crippen molar-refractivity contribution in [2.45, 2.75) is 19.9 Å². The van der Waals surface area contributed by atoms with E-state index in [-0.39, 0.29) is 5.69 Å². The second-order valence-electron chi connectivity index (χ2n) is 4.47. The molecule has 0 aliphatic rings. The van der Waals surface area contributed by atoms with Gasteiger partial charge in [0.25, 0.3) is 5.91 Å². The van der Waals surface area contributed by atoms with Crippen LogP contribution in [-0.4, -0.2) is 22.2 Å². The van der Waals surface area contributed by atoms with Gasteiger partial charge in [0.1, 0.15) is 5.69 Å². The highest BCUT2D eigenvalue weighted by molar-refractivity contribution is 6.32. The fraction of sp³-hybridized carbons (Fsp3) is 0.286. The Bertz CT molecular complexity index is 609. The number of hydrogen-bond donors (Lipinski definition) is 2. The molecule has 0 aliphatic heterocycles. The molecule has 106 valence electrons. The Morgan fingerprint density at radius 3 is 2.85 bits per heavy atom. The highest BCUT2D eigenvalue weighted by atomic mass is 35.5. The van der Waals surface area contributed by atoms with Gasteiger partial charge in [-0.15, -0.1) is 0 Å². The summed E-state index contributed by atoms with van der Waals surface area (Å²) in [5, 5.41) is 7.99. The predicted molar refractivity (Wildman–Crippen MR) is 79.1 cm³/mol. The molecule has 20 heavy (non-hydrogen) atoms. The highest BCUT2D eigenvalue weighted by Crippen LogP contribution is 2.21. The minimum atomic E-state index is -0.555. The second-order valence-corrected chi connectivity index (χ2v) is 4.88. The number of nitrogens with two attached hydrogens (primary N) is 1. The van der Waals surface area contributed by atoms with E-state index in [1.54, 1.807) is 16.9 Å². The molecule has 6 heteroatoms. The number of amides is 1. The van der Waals surface area contributed by atoms with E-state index in [1.807, 2.05) is 18.2 Å². The van der Waals surface area contributed by atoms with Gasteiger partial charge >= 0.3 is 0 Å². The number of nitrogens with zero attached hydrogens (tertiary/aromatic N) is 2. The van der Waals surface area contributed by atoms with E-state index in [0.717, 1.165) is 30.8 Å². The summed E-state index contributed by atoms with van der Waals surface area (Å²) < 4.78 is 1.55. The molecule has 5 nitrogen and oxygen atoms in total. The number of halogens is 1. The van der Waals surface area contributed by atoms with Gasteiger partial charge in [-0.05, 0) is 36.7 Å². The third-order valence-corrected chi connectivity index (χ3v) is 3.16. The lowest BCUT2D eigenvalue weighted by Gasteiger charge is -2.08. The van der Waals surface area contributed by atoms with Crippen molar-refractivity contribution in [1.29, 1.82) is 0 Å². The van der Waals surface area contributed by atoms with E-state index in [9.17, 15) is 4.79 Å². The van der Waals surface area contributed by atoms with Gasteiger partial charge in [-0.1, -0.05) is 24.6 Å². The molecule has 0 bridgehead atoms. The molecule has 0 saturated carbocycles. The Labute approximate surface area is 122 Å². The van der Waals surface area contributed by atoms with Crippen molar-refractivity contribution in [2.75, 3.05) is 6.54 Å². The average Bonchev–Trinajstić information content (AvgIpc) is 2.89. The third kappa shape index (κ3) is 3.37. The largest absolute Gasteiger partial charge is 0.364 e. The lowest BCUT2D eigenvalue weighted by molar-refractivity contribution is 0.0995. The summed E-state index contributed by atoms with van der Waals surface area (Å²) in [5.41, 5.74) is 7.22. The van der Waals surface area contributed by atoms with Crippen LogP contribution in [0.1, 0.15) is 29.4 Å². The molecule has 1 aromatic heterocycles. The minimum absolute atomic E-state index is 0.217. The Kier molecular flexibility index (Phi) is 4.76. The maximum absolute atomic E-state index is 11.0. The number of nitrogens with one attached hydrogen (secondary N) is 1. The van der Waals surface area contributed by atoms with Gasteiger partial charge in [0.2, 0.25) is 0 Å². The first-order valence-electron chi connectivity index (χ1n) is 6.47. The van der Waals surface area contributed by atoms with Gasteiger partial charge in [0.05, 0.1) is 10.7 Å². The van der Waals surface area contributed by atoms with Gasteiger partial charge in [-0.2, -0.15) is 5.10 Å². The molecular formula is C14H17ClN4O. The highest BCUT2D eigenvalue weighted by Gasteiger charge is 2.09. The van der Waals surface area contributed by atoms with E-state index in [1.165, 1.54) is 0 Å². The first-order valence-corrected chi connectivity index (χ1v) is 6.84. The maximum Gasteiger partial charge on any atom is 0.269 e. The third-order valence-electron chi connectivity index (χ3n) is 2.86. The number of aromatic nitrogens is 2. The molecule has 0 saturated heterocycles. The molecular weight excluding hydrogens is 276 g/mol. The van der Waals surface area contributed by atoms with Crippen LogP contribution < -0.4 is 11.1 Å². The van der Waals surface area contributed by atoms with Crippen molar-refractivity contribution < 1.29 is 4.79 Å². The van der Waals surface area contributed by atoms with Crippen molar-refractivity contribution in [3.63, 3.8) is 0 Å². The molecule has 0 unspecified atom stereocenters. The summed E-state index contributed by atoms with van der Waals surface area (Å²) in [6.07, 6.45) is 2.76. The van der Waals surface area contributed by atoms with E-state index in [2.05, 4.69) is 17.3 Å². The van der Waals surface area contributed by atoms with Crippen LogP contribution in [0.5, 0.6) is 0 Å².